The van der Waals surface area contributed by atoms with Gasteiger partial charge in [-0.05, 0) is 31.2 Å². The van der Waals surface area contributed by atoms with Gasteiger partial charge in [-0.2, -0.15) is 0 Å². The molecule has 0 radical (unpaired) electrons. The first-order valence-corrected chi connectivity index (χ1v) is 7.06. The molecule has 22 heavy (non-hydrogen) atoms. The summed E-state index contributed by atoms with van der Waals surface area (Å²) in [6.45, 7) is 2.31. The van der Waals surface area contributed by atoms with Crippen molar-refractivity contribution in [2.45, 2.75) is 6.92 Å². The van der Waals surface area contributed by atoms with Crippen LogP contribution in [0.25, 0.3) is 0 Å². The Hall–Kier alpha value is -2.88. The molecule has 1 amide bonds. The number of nitrogens with zero attached hydrogens (tertiary/aromatic N) is 1. The monoisotopic (exact) mass is 292 g/mol. The number of nitrogens with one attached hydrogen (secondary N) is 1. The highest BCUT2D eigenvalue weighted by Crippen LogP contribution is 2.15. The zero-order chi connectivity index (χ0) is 15.4. The van der Waals surface area contributed by atoms with Crippen LogP contribution in [0.1, 0.15) is 11.1 Å². The number of carbonyl (C=O) groups excluding carboxylic acids is 1. The first kappa shape index (κ1) is 14.1. The third kappa shape index (κ3) is 3.41. The molecular formula is C18H16N2O2. The number of hydrogen-bond donors (Lipinski definition) is 1. The minimum atomic E-state index is -0.208. The van der Waals surface area contributed by atoms with Crippen LogP contribution in [0.15, 0.2) is 71.4 Å². The molecule has 1 N–H and O–H groups in total. The van der Waals surface area contributed by atoms with Crippen molar-refractivity contribution in [1.82, 2.24) is 0 Å². The average molecular weight is 292 g/mol. The highest BCUT2D eigenvalue weighted by atomic mass is 16.5. The summed E-state index contributed by atoms with van der Waals surface area (Å²) in [5.41, 5.74) is 3.43. The van der Waals surface area contributed by atoms with Crippen molar-refractivity contribution in [3.8, 4) is 0 Å². The van der Waals surface area contributed by atoms with Crippen LogP contribution in [0.5, 0.6) is 0 Å². The maximum Gasteiger partial charge on any atom is 0.250 e. The van der Waals surface area contributed by atoms with E-state index in [2.05, 4.69) is 10.3 Å². The lowest BCUT2D eigenvalue weighted by Crippen LogP contribution is -2.09. The fourth-order valence-electron chi connectivity index (χ4n) is 2.11. The highest BCUT2D eigenvalue weighted by Gasteiger charge is 2.15. The second-order valence-corrected chi connectivity index (χ2v) is 5.06. The van der Waals surface area contributed by atoms with Crippen LogP contribution < -0.4 is 5.32 Å². The van der Waals surface area contributed by atoms with E-state index in [9.17, 15) is 4.79 Å². The SMILES string of the molecule is Cc1ccc(NC(=O)/C=C2\COC(c3ccccc3)=N2)cc1. The van der Waals surface area contributed by atoms with Gasteiger partial charge < -0.3 is 10.1 Å². The topological polar surface area (TPSA) is 50.7 Å². The molecular weight excluding hydrogens is 276 g/mol. The molecule has 1 aliphatic heterocycles. The molecule has 0 spiro atoms. The second kappa shape index (κ2) is 6.26. The summed E-state index contributed by atoms with van der Waals surface area (Å²) in [4.78, 5) is 16.3. The van der Waals surface area contributed by atoms with Crippen molar-refractivity contribution in [2.24, 2.45) is 4.99 Å². The normalized spacial score (nSPS) is 15.3. The number of amides is 1. The van der Waals surface area contributed by atoms with Crippen molar-refractivity contribution in [2.75, 3.05) is 11.9 Å². The molecule has 2 aromatic rings. The lowest BCUT2D eigenvalue weighted by molar-refractivity contribution is -0.112. The minimum absolute atomic E-state index is 0.208. The van der Waals surface area contributed by atoms with Gasteiger partial charge in [0.05, 0.1) is 5.70 Å². The van der Waals surface area contributed by atoms with Crippen molar-refractivity contribution < 1.29 is 9.53 Å². The van der Waals surface area contributed by atoms with Gasteiger partial charge in [0.25, 0.3) is 0 Å². The van der Waals surface area contributed by atoms with E-state index in [-0.39, 0.29) is 5.91 Å². The van der Waals surface area contributed by atoms with E-state index in [4.69, 9.17) is 4.74 Å². The zero-order valence-electron chi connectivity index (χ0n) is 12.2. The number of aryl methyl sites for hydroxylation is 1. The maximum atomic E-state index is 12.0. The Kier molecular flexibility index (Phi) is 4.01. The molecule has 110 valence electrons. The van der Waals surface area contributed by atoms with Gasteiger partial charge in [0, 0.05) is 17.3 Å². The molecule has 0 atom stereocenters. The molecule has 4 heteroatoms. The van der Waals surface area contributed by atoms with Gasteiger partial charge in [0.15, 0.2) is 0 Å². The number of benzene rings is 2. The summed E-state index contributed by atoms with van der Waals surface area (Å²) >= 11 is 0. The molecule has 1 heterocycles. The number of aliphatic imine (C=N–C) groups is 1. The zero-order valence-corrected chi connectivity index (χ0v) is 12.2. The van der Waals surface area contributed by atoms with Crippen molar-refractivity contribution in [1.29, 1.82) is 0 Å². The van der Waals surface area contributed by atoms with Crippen molar-refractivity contribution in [3.05, 3.63) is 77.5 Å². The van der Waals surface area contributed by atoms with Gasteiger partial charge in [-0.1, -0.05) is 35.9 Å². The Bertz CT molecular complexity index is 731. The molecule has 3 rings (SSSR count). The van der Waals surface area contributed by atoms with E-state index in [1.165, 1.54) is 6.08 Å². The largest absolute Gasteiger partial charge is 0.471 e. The fraction of sp³-hybridized carbons (Fsp3) is 0.111. The van der Waals surface area contributed by atoms with E-state index in [0.29, 0.717) is 18.2 Å². The predicted molar refractivity (Wildman–Crippen MR) is 86.8 cm³/mol. The van der Waals surface area contributed by atoms with Crippen LogP contribution in [0.4, 0.5) is 5.69 Å². The molecule has 0 unspecified atom stereocenters. The van der Waals surface area contributed by atoms with Crippen LogP contribution in [-0.2, 0) is 9.53 Å². The molecule has 0 saturated heterocycles. The summed E-state index contributed by atoms with van der Waals surface area (Å²) in [6.07, 6.45) is 1.47. The molecule has 2 aromatic carbocycles. The molecule has 0 aromatic heterocycles. The summed E-state index contributed by atoms with van der Waals surface area (Å²) in [5, 5.41) is 2.81. The first-order valence-electron chi connectivity index (χ1n) is 7.06. The van der Waals surface area contributed by atoms with E-state index in [1.54, 1.807) is 0 Å². The van der Waals surface area contributed by atoms with Crippen LogP contribution in [-0.4, -0.2) is 18.4 Å². The molecule has 0 aliphatic carbocycles. The van der Waals surface area contributed by atoms with Crippen molar-refractivity contribution in [3.63, 3.8) is 0 Å². The summed E-state index contributed by atoms with van der Waals surface area (Å²) in [6, 6.07) is 17.3. The molecule has 0 saturated carbocycles. The van der Waals surface area contributed by atoms with Crippen molar-refractivity contribution >= 4 is 17.5 Å². The standard InChI is InChI=1S/C18H16N2O2/c1-13-7-9-15(10-8-13)19-17(21)11-16-12-22-18(20-16)14-5-3-2-4-6-14/h2-11H,12H2,1H3,(H,19,21)/b16-11+. The Morgan fingerprint density at radius 1 is 1.14 bits per heavy atom. The number of ether oxygens (including phenoxy) is 1. The first-order chi connectivity index (χ1) is 10.7. The summed E-state index contributed by atoms with van der Waals surface area (Å²) in [7, 11) is 0. The Morgan fingerprint density at radius 2 is 1.86 bits per heavy atom. The van der Waals surface area contributed by atoms with Crippen LogP contribution >= 0.6 is 0 Å². The van der Waals surface area contributed by atoms with Gasteiger partial charge in [-0.25, -0.2) is 4.99 Å². The summed E-state index contributed by atoms with van der Waals surface area (Å²) in [5.74, 6) is 0.343. The van der Waals surface area contributed by atoms with Gasteiger partial charge >= 0.3 is 0 Å². The molecule has 0 bridgehead atoms. The summed E-state index contributed by atoms with van der Waals surface area (Å²) < 4.78 is 5.52. The second-order valence-electron chi connectivity index (χ2n) is 5.06. The number of hydrogen-bond acceptors (Lipinski definition) is 3. The highest BCUT2D eigenvalue weighted by molar-refractivity contribution is 6.01. The lowest BCUT2D eigenvalue weighted by atomic mass is 10.2. The van der Waals surface area contributed by atoms with Gasteiger partial charge in [-0.15, -0.1) is 0 Å². The average Bonchev–Trinajstić information content (AvgIpc) is 2.99. The van der Waals surface area contributed by atoms with Gasteiger partial charge in [0.1, 0.15) is 6.61 Å². The predicted octanol–water partition coefficient (Wildman–Crippen LogP) is 3.29. The maximum absolute atomic E-state index is 12.0. The Labute approximate surface area is 129 Å². The number of anilines is 1. The Morgan fingerprint density at radius 3 is 2.59 bits per heavy atom. The molecule has 4 nitrogen and oxygen atoms in total. The third-order valence-electron chi connectivity index (χ3n) is 3.24. The van der Waals surface area contributed by atoms with E-state index in [0.717, 1.165) is 16.8 Å². The van der Waals surface area contributed by atoms with Crippen LogP contribution in [0.2, 0.25) is 0 Å². The molecule has 0 fully saturated rings. The smallest absolute Gasteiger partial charge is 0.250 e. The van der Waals surface area contributed by atoms with E-state index in [1.807, 2.05) is 61.5 Å². The van der Waals surface area contributed by atoms with Crippen LogP contribution in [0, 0.1) is 6.92 Å². The quantitative estimate of drug-likeness (QED) is 0.882. The van der Waals surface area contributed by atoms with Gasteiger partial charge in [-0.3, -0.25) is 4.79 Å². The number of rotatable bonds is 3. The molecule has 1 aliphatic rings. The van der Waals surface area contributed by atoms with Crippen LogP contribution in [0.3, 0.4) is 0 Å². The third-order valence-corrected chi connectivity index (χ3v) is 3.24. The Balaban J connectivity index is 1.69. The fourth-order valence-corrected chi connectivity index (χ4v) is 2.11. The number of carbonyl (C=O) groups is 1. The van der Waals surface area contributed by atoms with Gasteiger partial charge in [0.2, 0.25) is 11.8 Å². The minimum Gasteiger partial charge on any atom is -0.471 e. The lowest BCUT2D eigenvalue weighted by Gasteiger charge is -2.02. The van der Waals surface area contributed by atoms with E-state index >= 15 is 0 Å². The van der Waals surface area contributed by atoms with E-state index < -0.39 is 0 Å².